The summed E-state index contributed by atoms with van der Waals surface area (Å²) in [7, 11) is 0. The normalized spacial score (nSPS) is 11.7. The summed E-state index contributed by atoms with van der Waals surface area (Å²) in [6.45, 7) is 11.0. The van der Waals surface area contributed by atoms with Crippen LogP contribution in [0.1, 0.15) is 33.3 Å². The van der Waals surface area contributed by atoms with Crippen LogP contribution < -0.4 is 5.32 Å². The van der Waals surface area contributed by atoms with E-state index in [0.717, 1.165) is 18.7 Å². The van der Waals surface area contributed by atoms with Gasteiger partial charge in [-0.2, -0.15) is 0 Å². The van der Waals surface area contributed by atoms with Crippen molar-refractivity contribution in [2.45, 2.75) is 34.2 Å². The third-order valence-electron chi connectivity index (χ3n) is 3.33. The summed E-state index contributed by atoms with van der Waals surface area (Å²) < 4.78 is 0. The average Bonchev–Trinajstić information content (AvgIpc) is 2.23. The predicted molar refractivity (Wildman–Crippen MR) is 73.0 cm³/mol. The fourth-order valence-electron chi connectivity index (χ4n) is 2.29. The zero-order valence-corrected chi connectivity index (χ0v) is 11.4. The molecule has 17 heavy (non-hydrogen) atoms. The molecule has 1 aromatic rings. The predicted octanol–water partition coefficient (Wildman–Crippen LogP) is 3.41. The summed E-state index contributed by atoms with van der Waals surface area (Å²) >= 11 is 0. The van der Waals surface area contributed by atoms with Crippen LogP contribution in [-0.4, -0.2) is 11.7 Å². The first-order valence-electron chi connectivity index (χ1n) is 6.49. The smallest absolute Gasteiger partial charge is 0.115 e. The summed E-state index contributed by atoms with van der Waals surface area (Å²) in [6, 6.07) is 7.43. The van der Waals surface area contributed by atoms with Crippen LogP contribution in [0.25, 0.3) is 0 Å². The Kier molecular flexibility index (Phi) is 5.49. The molecule has 0 saturated heterocycles. The highest BCUT2D eigenvalue weighted by Gasteiger charge is 2.16. The second-order valence-corrected chi connectivity index (χ2v) is 5.45. The van der Waals surface area contributed by atoms with Gasteiger partial charge in [0.2, 0.25) is 0 Å². The fourth-order valence-corrected chi connectivity index (χ4v) is 2.29. The maximum Gasteiger partial charge on any atom is 0.115 e. The molecule has 0 radical (unpaired) electrons. The van der Waals surface area contributed by atoms with Crippen LogP contribution in [0.5, 0.6) is 5.75 Å². The van der Waals surface area contributed by atoms with Crippen molar-refractivity contribution in [1.82, 2.24) is 5.32 Å². The largest absolute Gasteiger partial charge is 0.508 e. The van der Waals surface area contributed by atoms with Gasteiger partial charge in [-0.1, -0.05) is 39.8 Å². The lowest BCUT2D eigenvalue weighted by molar-refractivity contribution is 0.275. The second-order valence-electron chi connectivity index (χ2n) is 5.45. The summed E-state index contributed by atoms with van der Waals surface area (Å²) in [5, 5.41) is 12.9. The van der Waals surface area contributed by atoms with Crippen molar-refractivity contribution >= 4 is 0 Å². The van der Waals surface area contributed by atoms with Gasteiger partial charge >= 0.3 is 0 Å². The zero-order valence-electron chi connectivity index (χ0n) is 11.4. The molecule has 0 saturated carbocycles. The van der Waals surface area contributed by atoms with Gasteiger partial charge in [0, 0.05) is 6.54 Å². The van der Waals surface area contributed by atoms with E-state index in [1.807, 2.05) is 18.2 Å². The topological polar surface area (TPSA) is 32.3 Å². The number of benzene rings is 1. The van der Waals surface area contributed by atoms with E-state index in [1.54, 1.807) is 6.07 Å². The Labute approximate surface area is 105 Å². The molecule has 2 nitrogen and oxygen atoms in total. The maximum absolute atomic E-state index is 9.37. The van der Waals surface area contributed by atoms with E-state index >= 15 is 0 Å². The Hall–Kier alpha value is -1.02. The van der Waals surface area contributed by atoms with Gasteiger partial charge in [0.05, 0.1) is 0 Å². The van der Waals surface area contributed by atoms with E-state index in [1.165, 1.54) is 0 Å². The first kappa shape index (κ1) is 14.0. The molecule has 0 bridgehead atoms. The third-order valence-corrected chi connectivity index (χ3v) is 3.33. The van der Waals surface area contributed by atoms with Crippen molar-refractivity contribution in [1.29, 1.82) is 0 Å². The first-order valence-corrected chi connectivity index (χ1v) is 6.49. The summed E-state index contributed by atoms with van der Waals surface area (Å²) in [5.74, 6) is 2.44. The molecule has 2 heteroatoms. The highest BCUT2D eigenvalue weighted by Crippen LogP contribution is 2.19. The number of phenolic OH excluding ortho intramolecular Hbond substituents is 1. The molecule has 0 aromatic heterocycles. The number of nitrogens with one attached hydrogen (secondary N) is 1. The van der Waals surface area contributed by atoms with E-state index in [-0.39, 0.29) is 0 Å². The lowest BCUT2D eigenvalue weighted by Gasteiger charge is -2.25. The Morgan fingerprint density at radius 2 is 1.76 bits per heavy atom. The van der Waals surface area contributed by atoms with Crippen LogP contribution in [-0.2, 0) is 6.54 Å². The van der Waals surface area contributed by atoms with E-state index < -0.39 is 0 Å². The van der Waals surface area contributed by atoms with Crippen LogP contribution in [0, 0.1) is 17.8 Å². The summed E-state index contributed by atoms with van der Waals surface area (Å²) in [6.07, 6.45) is 0. The number of aromatic hydroxyl groups is 1. The molecule has 0 spiro atoms. The van der Waals surface area contributed by atoms with Gasteiger partial charge < -0.3 is 10.4 Å². The quantitative estimate of drug-likeness (QED) is 0.792. The molecular formula is C15H25NO. The van der Waals surface area contributed by atoms with Gasteiger partial charge in [-0.15, -0.1) is 0 Å². The molecule has 1 rings (SSSR count). The van der Waals surface area contributed by atoms with Crippen molar-refractivity contribution < 1.29 is 5.11 Å². The minimum absolute atomic E-state index is 0.341. The molecule has 96 valence electrons. The molecule has 0 atom stereocenters. The molecule has 0 amide bonds. The van der Waals surface area contributed by atoms with Crippen molar-refractivity contribution in [3.05, 3.63) is 29.8 Å². The van der Waals surface area contributed by atoms with Crippen molar-refractivity contribution in [3.8, 4) is 5.75 Å². The van der Waals surface area contributed by atoms with Gasteiger partial charge in [0.25, 0.3) is 0 Å². The third kappa shape index (κ3) is 4.78. The number of phenols is 1. The van der Waals surface area contributed by atoms with E-state index in [0.29, 0.717) is 23.5 Å². The number of rotatable bonds is 6. The van der Waals surface area contributed by atoms with Crippen LogP contribution in [0.15, 0.2) is 24.3 Å². The van der Waals surface area contributed by atoms with Crippen LogP contribution in [0.2, 0.25) is 0 Å². The highest BCUT2D eigenvalue weighted by molar-refractivity contribution is 5.26. The molecule has 0 fully saturated rings. The highest BCUT2D eigenvalue weighted by atomic mass is 16.3. The fraction of sp³-hybridized carbons (Fsp3) is 0.600. The van der Waals surface area contributed by atoms with Crippen molar-refractivity contribution in [2.24, 2.45) is 17.8 Å². The second kappa shape index (κ2) is 6.65. The average molecular weight is 235 g/mol. The monoisotopic (exact) mass is 235 g/mol. The molecule has 0 aliphatic rings. The molecular weight excluding hydrogens is 210 g/mol. The van der Waals surface area contributed by atoms with E-state index in [2.05, 4.69) is 33.0 Å². The molecule has 0 aliphatic carbocycles. The Morgan fingerprint density at radius 3 is 2.29 bits per heavy atom. The van der Waals surface area contributed by atoms with Gasteiger partial charge in [0.1, 0.15) is 5.75 Å². The number of hydrogen-bond acceptors (Lipinski definition) is 2. The van der Waals surface area contributed by atoms with Gasteiger partial charge in [-0.05, 0) is 42.0 Å². The van der Waals surface area contributed by atoms with Crippen molar-refractivity contribution in [2.75, 3.05) is 6.54 Å². The molecule has 2 N–H and O–H groups in total. The first-order chi connectivity index (χ1) is 8.00. The van der Waals surface area contributed by atoms with E-state index in [9.17, 15) is 5.11 Å². The molecule has 0 heterocycles. The Balaban J connectivity index is 2.41. The SMILES string of the molecule is CC(C)C(CNCc1cccc(O)c1)C(C)C. The lowest BCUT2D eigenvalue weighted by Crippen LogP contribution is -2.29. The Morgan fingerprint density at radius 1 is 1.12 bits per heavy atom. The zero-order chi connectivity index (χ0) is 12.8. The van der Waals surface area contributed by atoms with Crippen LogP contribution >= 0.6 is 0 Å². The number of hydrogen-bond donors (Lipinski definition) is 2. The van der Waals surface area contributed by atoms with Gasteiger partial charge in [-0.3, -0.25) is 0 Å². The molecule has 0 unspecified atom stereocenters. The minimum atomic E-state index is 0.341. The summed E-state index contributed by atoms with van der Waals surface area (Å²) in [4.78, 5) is 0. The molecule has 0 aliphatic heterocycles. The summed E-state index contributed by atoms with van der Waals surface area (Å²) in [5.41, 5.74) is 1.14. The minimum Gasteiger partial charge on any atom is -0.508 e. The lowest BCUT2D eigenvalue weighted by atomic mass is 9.85. The Bertz CT molecular complexity index is 325. The van der Waals surface area contributed by atoms with E-state index in [4.69, 9.17) is 0 Å². The standard InChI is InChI=1S/C15H25NO/c1-11(2)15(12(3)4)10-16-9-13-6-5-7-14(17)8-13/h5-8,11-12,15-17H,9-10H2,1-4H3. The van der Waals surface area contributed by atoms with Crippen LogP contribution in [0.4, 0.5) is 0 Å². The van der Waals surface area contributed by atoms with Gasteiger partial charge in [0.15, 0.2) is 0 Å². The van der Waals surface area contributed by atoms with Crippen LogP contribution in [0.3, 0.4) is 0 Å². The molecule has 1 aromatic carbocycles. The van der Waals surface area contributed by atoms with Gasteiger partial charge in [-0.25, -0.2) is 0 Å². The maximum atomic E-state index is 9.37. The van der Waals surface area contributed by atoms with Crippen molar-refractivity contribution in [3.63, 3.8) is 0 Å².